The lowest BCUT2D eigenvalue weighted by Crippen LogP contribution is -2.49. The number of halogens is 3. The van der Waals surface area contributed by atoms with Crippen molar-refractivity contribution in [3.8, 4) is 0 Å². The number of piperazine rings is 1. The first-order valence-electron chi connectivity index (χ1n) is 10.7. The number of nitrogens with zero attached hydrogens (tertiary/aromatic N) is 4. The van der Waals surface area contributed by atoms with Crippen molar-refractivity contribution in [3.63, 3.8) is 0 Å². The number of pyridine rings is 1. The normalized spacial score (nSPS) is 15.2. The molecule has 2 heterocycles. The molecule has 0 radical (unpaired) electrons. The minimum atomic E-state index is -4.44. The van der Waals surface area contributed by atoms with E-state index in [0.29, 0.717) is 56.2 Å². The van der Waals surface area contributed by atoms with Crippen LogP contribution in [-0.2, 0) is 16.2 Å². The van der Waals surface area contributed by atoms with E-state index in [1.807, 2.05) is 4.90 Å². The molecular formula is C22H27F3N4O3S. The Morgan fingerprint density at radius 1 is 1.06 bits per heavy atom. The first-order valence-corrected chi connectivity index (χ1v) is 12.1. The second-order valence-electron chi connectivity index (χ2n) is 7.75. The largest absolute Gasteiger partial charge is 0.417 e. The summed E-state index contributed by atoms with van der Waals surface area (Å²) in [5.41, 5.74) is 0.185. The van der Waals surface area contributed by atoms with Crippen LogP contribution < -0.4 is 4.90 Å². The fourth-order valence-corrected chi connectivity index (χ4v) is 5.24. The molecule has 3 rings (SSSR count). The molecule has 180 valence electrons. The molecule has 11 heteroatoms. The maximum atomic E-state index is 13.2. The number of alkyl halides is 3. The van der Waals surface area contributed by atoms with E-state index in [2.05, 4.69) is 4.98 Å². The third-order valence-corrected chi connectivity index (χ3v) is 7.79. The van der Waals surface area contributed by atoms with E-state index in [4.69, 9.17) is 0 Å². The van der Waals surface area contributed by atoms with Crippen molar-refractivity contribution < 1.29 is 26.4 Å². The fraction of sp³-hybridized carbons (Fsp3) is 0.455. The van der Waals surface area contributed by atoms with Gasteiger partial charge < -0.3 is 9.80 Å². The monoisotopic (exact) mass is 484 g/mol. The predicted molar refractivity (Wildman–Crippen MR) is 119 cm³/mol. The maximum absolute atomic E-state index is 13.2. The third-order valence-electron chi connectivity index (χ3n) is 5.75. The lowest BCUT2D eigenvalue weighted by molar-refractivity contribution is -0.137. The zero-order valence-electron chi connectivity index (χ0n) is 18.8. The summed E-state index contributed by atoms with van der Waals surface area (Å²) >= 11 is 0. The van der Waals surface area contributed by atoms with Crippen molar-refractivity contribution in [2.75, 3.05) is 44.2 Å². The Hall–Kier alpha value is -2.66. The highest BCUT2D eigenvalue weighted by atomic mass is 32.2. The van der Waals surface area contributed by atoms with Crippen molar-refractivity contribution in [1.82, 2.24) is 14.2 Å². The number of hydrogen-bond donors (Lipinski definition) is 0. The van der Waals surface area contributed by atoms with Gasteiger partial charge in [0.25, 0.3) is 5.91 Å². The van der Waals surface area contributed by atoms with E-state index >= 15 is 0 Å². The molecule has 0 spiro atoms. The van der Waals surface area contributed by atoms with E-state index in [1.165, 1.54) is 22.5 Å². The van der Waals surface area contributed by atoms with Gasteiger partial charge in [0.15, 0.2) is 0 Å². The molecule has 1 aliphatic rings. The van der Waals surface area contributed by atoms with E-state index < -0.39 is 21.8 Å². The van der Waals surface area contributed by atoms with Crippen LogP contribution >= 0.6 is 0 Å². The van der Waals surface area contributed by atoms with Gasteiger partial charge in [-0.1, -0.05) is 19.9 Å². The summed E-state index contributed by atoms with van der Waals surface area (Å²) in [6, 6.07) is 6.88. The van der Waals surface area contributed by atoms with Gasteiger partial charge in [-0.3, -0.25) is 4.79 Å². The van der Waals surface area contributed by atoms with E-state index in [-0.39, 0.29) is 10.8 Å². The smallest absolute Gasteiger partial charge is 0.353 e. The summed E-state index contributed by atoms with van der Waals surface area (Å²) in [5.74, 6) is 0.141. The van der Waals surface area contributed by atoms with Gasteiger partial charge in [-0.05, 0) is 36.8 Å². The lowest BCUT2D eigenvalue weighted by Gasteiger charge is -2.35. The zero-order chi connectivity index (χ0) is 24.4. The topological polar surface area (TPSA) is 73.8 Å². The van der Waals surface area contributed by atoms with E-state index in [9.17, 15) is 26.4 Å². The van der Waals surface area contributed by atoms with E-state index in [1.54, 1.807) is 31.7 Å². The molecule has 1 aliphatic heterocycles. The minimum absolute atomic E-state index is 0.0766. The second-order valence-corrected chi connectivity index (χ2v) is 9.69. The summed E-state index contributed by atoms with van der Waals surface area (Å²) < 4.78 is 65.3. The number of rotatable bonds is 6. The summed E-state index contributed by atoms with van der Waals surface area (Å²) in [6.07, 6.45) is -3.64. The molecule has 0 bridgehead atoms. The number of carbonyl (C=O) groups is 1. The van der Waals surface area contributed by atoms with Gasteiger partial charge in [-0.15, -0.1) is 0 Å². The minimum Gasteiger partial charge on any atom is -0.353 e. The van der Waals surface area contributed by atoms with Gasteiger partial charge in [0.1, 0.15) is 5.82 Å². The molecule has 1 amide bonds. The fourth-order valence-electron chi connectivity index (χ4n) is 3.75. The highest BCUT2D eigenvalue weighted by molar-refractivity contribution is 7.89. The summed E-state index contributed by atoms with van der Waals surface area (Å²) in [4.78, 5) is 20.6. The molecule has 0 saturated carbocycles. The van der Waals surface area contributed by atoms with E-state index in [0.717, 1.165) is 12.3 Å². The molecule has 0 aliphatic carbocycles. The molecule has 0 N–H and O–H groups in total. The molecule has 2 aromatic rings. The number of hydrogen-bond acceptors (Lipinski definition) is 5. The Bertz CT molecular complexity index is 1090. The molecule has 1 saturated heterocycles. The van der Waals surface area contributed by atoms with Gasteiger partial charge in [0.2, 0.25) is 10.0 Å². The van der Waals surface area contributed by atoms with Crippen LogP contribution in [0.3, 0.4) is 0 Å². The van der Waals surface area contributed by atoms with Crippen LogP contribution in [0.1, 0.15) is 35.3 Å². The average molecular weight is 485 g/mol. The highest BCUT2D eigenvalue weighted by Gasteiger charge is 2.31. The predicted octanol–water partition coefficient (Wildman–Crippen LogP) is 3.40. The summed E-state index contributed by atoms with van der Waals surface area (Å²) in [6.45, 7) is 7.41. The Kier molecular flexibility index (Phi) is 7.32. The molecule has 33 heavy (non-hydrogen) atoms. The molecule has 1 aromatic carbocycles. The first kappa shape index (κ1) is 25.0. The van der Waals surface area contributed by atoms with Gasteiger partial charge in [-0.2, -0.15) is 17.5 Å². The standard InChI is InChI=1S/C22H27F3N4O3S/c1-4-29(5-2)33(31,32)18-8-6-16(3)19(14-18)21(30)28-12-10-27(11-13-28)20-9-7-17(15-26-20)22(23,24)25/h6-9,14-15H,4-5,10-13H2,1-3H3. The number of carbonyl (C=O) groups excluding carboxylic acids is 1. The van der Waals surface area contributed by atoms with Crippen molar-refractivity contribution in [1.29, 1.82) is 0 Å². The molecule has 0 atom stereocenters. The number of aromatic nitrogens is 1. The number of aryl methyl sites for hydroxylation is 1. The number of benzene rings is 1. The van der Waals surface area contributed by atoms with Crippen LogP contribution in [0, 0.1) is 6.92 Å². The molecule has 0 unspecified atom stereocenters. The lowest BCUT2D eigenvalue weighted by atomic mass is 10.1. The molecule has 1 fully saturated rings. The number of amides is 1. The maximum Gasteiger partial charge on any atom is 0.417 e. The van der Waals surface area contributed by atoms with Crippen molar-refractivity contribution >= 4 is 21.7 Å². The van der Waals surface area contributed by atoms with Crippen LogP contribution in [0.5, 0.6) is 0 Å². The van der Waals surface area contributed by atoms with Crippen LogP contribution in [0.15, 0.2) is 41.4 Å². The Morgan fingerprint density at radius 3 is 2.21 bits per heavy atom. The Balaban J connectivity index is 1.73. The van der Waals surface area contributed by atoms with Crippen LogP contribution in [0.4, 0.5) is 19.0 Å². The quantitative estimate of drug-likeness (QED) is 0.629. The van der Waals surface area contributed by atoms with Crippen LogP contribution in [0.2, 0.25) is 0 Å². The Labute approximate surface area is 191 Å². The van der Waals surface area contributed by atoms with Gasteiger partial charge in [0, 0.05) is 51.0 Å². The van der Waals surface area contributed by atoms with Gasteiger partial charge in [-0.25, -0.2) is 13.4 Å². The highest BCUT2D eigenvalue weighted by Crippen LogP contribution is 2.29. The van der Waals surface area contributed by atoms with Crippen LogP contribution in [0.25, 0.3) is 0 Å². The molecular weight excluding hydrogens is 457 g/mol. The SMILES string of the molecule is CCN(CC)S(=O)(=O)c1ccc(C)c(C(=O)N2CCN(c3ccc(C(F)(F)F)cn3)CC2)c1. The average Bonchev–Trinajstić information content (AvgIpc) is 2.79. The van der Waals surface area contributed by atoms with Gasteiger partial charge >= 0.3 is 6.18 Å². The second kappa shape index (κ2) is 9.68. The van der Waals surface area contributed by atoms with Crippen molar-refractivity contribution in [3.05, 3.63) is 53.2 Å². The van der Waals surface area contributed by atoms with Gasteiger partial charge in [0.05, 0.1) is 10.5 Å². The first-order chi connectivity index (χ1) is 15.5. The summed E-state index contributed by atoms with van der Waals surface area (Å²) in [7, 11) is -3.70. The van der Waals surface area contributed by atoms with Crippen molar-refractivity contribution in [2.24, 2.45) is 0 Å². The number of sulfonamides is 1. The van der Waals surface area contributed by atoms with Crippen molar-refractivity contribution in [2.45, 2.75) is 31.8 Å². The third kappa shape index (κ3) is 5.30. The molecule has 7 nitrogen and oxygen atoms in total. The Morgan fingerprint density at radius 2 is 1.70 bits per heavy atom. The molecule has 1 aromatic heterocycles. The zero-order valence-corrected chi connectivity index (χ0v) is 19.6. The van der Waals surface area contributed by atoms with Crippen LogP contribution in [-0.4, -0.2) is 67.8 Å². The number of anilines is 1. The summed E-state index contributed by atoms with van der Waals surface area (Å²) in [5, 5.41) is 0.